The molecule has 1 amide bonds. The van der Waals surface area contributed by atoms with Gasteiger partial charge in [0.25, 0.3) is 5.91 Å². The van der Waals surface area contributed by atoms with Gasteiger partial charge in [0, 0.05) is 21.1 Å². The number of carbonyl (C=O) groups excluding carboxylic acids is 3. The van der Waals surface area contributed by atoms with Gasteiger partial charge in [0.1, 0.15) is 0 Å². The van der Waals surface area contributed by atoms with Crippen LogP contribution >= 0.6 is 15.9 Å². The van der Waals surface area contributed by atoms with Crippen molar-refractivity contribution >= 4 is 33.6 Å². The first-order valence-electron chi connectivity index (χ1n) is 8.47. The van der Waals surface area contributed by atoms with Gasteiger partial charge in [0.05, 0.1) is 5.56 Å². The van der Waals surface area contributed by atoms with Gasteiger partial charge in [-0.2, -0.15) is 0 Å². The van der Waals surface area contributed by atoms with E-state index in [1.54, 1.807) is 36.4 Å². The van der Waals surface area contributed by atoms with Gasteiger partial charge < -0.3 is 10.1 Å². The lowest BCUT2D eigenvalue weighted by Crippen LogP contribution is -2.44. The van der Waals surface area contributed by atoms with Gasteiger partial charge in [-0.1, -0.05) is 46.3 Å². The summed E-state index contributed by atoms with van der Waals surface area (Å²) in [5, 5.41) is 2.83. The van der Waals surface area contributed by atoms with Crippen LogP contribution in [0, 0.1) is 0 Å². The molecule has 0 saturated carbocycles. The summed E-state index contributed by atoms with van der Waals surface area (Å²) in [6.07, 6.45) is -1.14. The van der Waals surface area contributed by atoms with Crippen LogP contribution in [0.2, 0.25) is 0 Å². The van der Waals surface area contributed by atoms with E-state index in [0.717, 1.165) is 4.47 Å². The van der Waals surface area contributed by atoms with Crippen molar-refractivity contribution in [3.05, 3.63) is 69.7 Å². The largest absolute Gasteiger partial charge is 0.444 e. The van der Waals surface area contributed by atoms with Gasteiger partial charge >= 0.3 is 5.97 Å². The van der Waals surface area contributed by atoms with Crippen LogP contribution in [0.1, 0.15) is 60.1 Å². The highest BCUT2D eigenvalue weighted by molar-refractivity contribution is 9.10. The van der Waals surface area contributed by atoms with Gasteiger partial charge in [0.15, 0.2) is 5.78 Å². The molecule has 1 N–H and O–H groups in total. The molecule has 142 valence electrons. The van der Waals surface area contributed by atoms with Crippen LogP contribution in [-0.4, -0.2) is 23.2 Å². The maximum Gasteiger partial charge on any atom is 0.339 e. The lowest BCUT2D eigenvalue weighted by atomic mass is 10.0. The molecule has 2 rings (SSSR count). The smallest absolute Gasteiger partial charge is 0.339 e. The van der Waals surface area contributed by atoms with Crippen LogP contribution in [0.5, 0.6) is 0 Å². The quantitative estimate of drug-likeness (QED) is 0.559. The van der Waals surface area contributed by atoms with Crippen molar-refractivity contribution in [1.82, 2.24) is 5.32 Å². The number of ether oxygens (including phenoxy) is 1. The van der Waals surface area contributed by atoms with E-state index in [4.69, 9.17) is 4.74 Å². The lowest BCUT2D eigenvalue weighted by molar-refractivity contribution is -0.131. The minimum atomic E-state index is -1.14. The second kappa shape index (κ2) is 8.48. The Balaban J connectivity index is 2.39. The second-order valence-corrected chi connectivity index (χ2v) is 8.10. The molecule has 0 fully saturated rings. The van der Waals surface area contributed by atoms with Gasteiger partial charge in [-0.3, -0.25) is 9.59 Å². The fourth-order valence-corrected chi connectivity index (χ4v) is 2.93. The molecule has 6 heteroatoms. The van der Waals surface area contributed by atoms with Crippen molar-refractivity contribution in [2.75, 3.05) is 0 Å². The predicted octanol–water partition coefficient (Wildman–Crippen LogP) is 4.46. The number of Topliss-reactive ketones (excluding diaryl/α,β-unsaturated/α-hetero) is 1. The number of hydrogen-bond acceptors (Lipinski definition) is 4. The van der Waals surface area contributed by atoms with Crippen LogP contribution in [-0.2, 0) is 9.53 Å². The number of hydrogen-bond donors (Lipinski definition) is 1. The van der Waals surface area contributed by atoms with Crippen LogP contribution in [0.15, 0.2) is 53.0 Å². The fourth-order valence-electron chi connectivity index (χ4n) is 2.52. The molecule has 1 atom stereocenters. The minimum absolute atomic E-state index is 0.133. The van der Waals surface area contributed by atoms with Gasteiger partial charge in [-0.15, -0.1) is 0 Å². The maximum atomic E-state index is 12.8. The normalized spacial score (nSPS) is 12.2. The molecule has 0 aromatic heterocycles. The second-order valence-electron chi connectivity index (χ2n) is 7.18. The van der Waals surface area contributed by atoms with Crippen LogP contribution < -0.4 is 5.32 Å². The molecule has 0 radical (unpaired) electrons. The maximum absolute atomic E-state index is 12.8. The molecular formula is C21H22BrNO4. The van der Waals surface area contributed by atoms with Crippen molar-refractivity contribution in [3.8, 4) is 0 Å². The first kappa shape index (κ1) is 20.8. The summed E-state index contributed by atoms with van der Waals surface area (Å²) in [5.74, 6) is -1.41. The molecule has 1 unspecified atom stereocenters. The van der Waals surface area contributed by atoms with Crippen molar-refractivity contribution in [2.45, 2.75) is 39.3 Å². The zero-order valence-electron chi connectivity index (χ0n) is 15.7. The number of benzene rings is 2. The van der Waals surface area contributed by atoms with E-state index in [1.165, 1.54) is 13.0 Å². The fraction of sp³-hybridized carbons (Fsp3) is 0.286. The first-order chi connectivity index (χ1) is 12.6. The van der Waals surface area contributed by atoms with E-state index in [9.17, 15) is 14.4 Å². The third-order valence-electron chi connectivity index (χ3n) is 3.64. The average Bonchev–Trinajstić information content (AvgIpc) is 2.57. The van der Waals surface area contributed by atoms with E-state index in [-0.39, 0.29) is 16.9 Å². The summed E-state index contributed by atoms with van der Waals surface area (Å²) in [6, 6.07) is 13.4. The van der Waals surface area contributed by atoms with Gasteiger partial charge in [-0.05, 0) is 45.9 Å². The summed E-state index contributed by atoms with van der Waals surface area (Å²) in [4.78, 5) is 37.3. The Bertz CT molecular complexity index is 870. The monoisotopic (exact) mass is 431 g/mol. The van der Waals surface area contributed by atoms with E-state index in [0.29, 0.717) is 5.56 Å². The highest BCUT2D eigenvalue weighted by atomic mass is 79.9. The highest BCUT2D eigenvalue weighted by Crippen LogP contribution is 2.24. The Morgan fingerprint density at radius 1 is 1.00 bits per heavy atom. The van der Waals surface area contributed by atoms with Crippen molar-refractivity contribution < 1.29 is 19.1 Å². The van der Waals surface area contributed by atoms with E-state index in [1.807, 2.05) is 26.8 Å². The zero-order valence-corrected chi connectivity index (χ0v) is 17.3. The molecule has 0 aliphatic carbocycles. The molecule has 0 aliphatic rings. The molecule has 2 aromatic carbocycles. The summed E-state index contributed by atoms with van der Waals surface area (Å²) >= 11 is 3.37. The van der Waals surface area contributed by atoms with Crippen molar-refractivity contribution in [1.29, 1.82) is 0 Å². The van der Waals surface area contributed by atoms with Crippen molar-refractivity contribution in [2.24, 2.45) is 0 Å². The SMILES string of the molecule is CC(=O)c1ccccc1C(=O)OC(C(=O)NC(C)(C)C)c1cccc(Br)c1. The third kappa shape index (κ3) is 5.76. The average molecular weight is 432 g/mol. The first-order valence-corrected chi connectivity index (χ1v) is 9.26. The highest BCUT2D eigenvalue weighted by Gasteiger charge is 2.29. The van der Waals surface area contributed by atoms with Crippen LogP contribution in [0.25, 0.3) is 0 Å². The molecule has 0 saturated heterocycles. The number of ketones is 1. The Hall–Kier alpha value is -2.47. The predicted molar refractivity (Wildman–Crippen MR) is 107 cm³/mol. The Morgan fingerprint density at radius 2 is 1.63 bits per heavy atom. The summed E-state index contributed by atoms with van der Waals surface area (Å²) in [6.45, 7) is 6.91. The molecule has 0 spiro atoms. The summed E-state index contributed by atoms with van der Waals surface area (Å²) < 4.78 is 6.31. The van der Waals surface area contributed by atoms with Gasteiger partial charge in [-0.25, -0.2) is 4.79 Å². The lowest BCUT2D eigenvalue weighted by Gasteiger charge is -2.25. The Kier molecular flexibility index (Phi) is 6.54. The number of halogens is 1. The zero-order chi connectivity index (χ0) is 20.2. The van der Waals surface area contributed by atoms with Crippen LogP contribution in [0.4, 0.5) is 0 Å². The van der Waals surface area contributed by atoms with Crippen molar-refractivity contribution in [3.63, 3.8) is 0 Å². The Morgan fingerprint density at radius 3 is 2.19 bits per heavy atom. The molecule has 0 bridgehead atoms. The van der Waals surface area contributed by atoms with E-state index < -0.39 is 23.5 Å². The molecule has 2 aromatic rings. The number of amides is 1. The number of carbonyl (C=O) groups is 3. The molecule has 5 nitrogen and oxygen atoms in total. The summed E-state index contributed by atoms with van der Waals surface area (Å²) in [7, 11) is 0. The standard InChI is InChI=1S/C21H22BrNO4/c1-13(24)16-10-5-6-11-17(16)20(26)27-18(19(25)23-21(2,3)4)14-8-7-9-15(22)12-14/h5-12,18H,1-4H3,(H,23,25). The third-order valence-corrected chi connectivity index (χ3v) is 4.13. The van der Waals surface area contributed by atoms with E-state index >= 15 is 0 Å². The molecule has 27 heavy (non-hydrogen) atoms. The number of rotatable bonds is 5. The summed E-state index contributed by atoms with van der Waals surface area (Å²) in [5.41, 5.74) is 0.422. The molecular weight excluding hydrogens is 410 g/mol. The Labute approximate surface area is 167 Å². The minimum Gasteiger partial charge on any atom is -0.444 e. The van der Waals surface area contributed by atoms with Crippen LogP contribution in [0.3, 0.4) is 0 Å². The number of esters is 1. The van der Waals surface area contributed by atoms with Gasteiger partial charge in [0.2, 0.25) is 6.10 Å². The number of nitrogens with one attached hydrogen (secondary N) is 1. The topological polar surface area (TPSA) is 72.5 Å². The van der Waals surface area contributed by atoms with E-state index in [2.05, 4.69) is 21.2 Å². The molecule has 0 aliphatic heterocycles. The molecule has 0 heterocycles.